The van der Waals surface area contributed by atoms with Gasteiger partial charge in [0.15, 0.2) is 0 Å². The van der Waals surface area contributed by atoms with Crippen LogP contribution in [0.1, 0.15) is 5.56 Å². The number of amides is 1. The van der Waals surface area contributed by atoms with Crippen LogP contribution >= 0.6 is 23.2 Å². The second-order valence-electron chi connectivity index (χ2n) is 5.49. The maximum atomic E-state index is 12.3. The first kappa shape index (κ1) is 19.4. The van der Waals surface area contributed by atoms with Gasteiger partial charge in [0.05, 0.1) is 36.5 Å². The maximum absolute atomic E-state index is 12.3. The van der Waals surface area contributed by atoms with E-state index in [1.165, 1.54) is 0 Å². The fraction of sp³-hybridized carbons (Fsp3) is 0.278. The quantitative estimate of drug-likeness (QED) is 0.783. The molecule has 25 heavy (non-hydrogen) atoms. The van der Waals surface area contributed by atoms with Crippen LogP contribution < -0.4 is 14.8 Å². The lowest BCUT2D eigenvalue weighted by molar-refractivity contribution is -0.117. The van der Waals surface area contributed by atoms with Gasteiger partial charge >= 0.3 is 0 Å². The number of ether oxygens (including phenoxy) is 2. The highest BCUT2D eigenvalue weighted by molar-refractivity contribution is 6.39. The molecule has 0 fully saturated rings. The molecule has 0 atom stereocenters. The Hall–Kier alpha value is -1.95. The van der Waals surface area contributed by atoms with Crippen LogP contribution in [0.5, 0.6) is 11.5 Å². The minimum absolute atomic E-state index is 0.177. The highest BCUT2D eigenvalue weighted by Crippen LogP contribution is 2.30. The van der Waals surface area contributed by atoms with Crippen molar-refractivity contribution in [3.63, 3.8) is 0 Å². The Balaban J connectivity index is 2.00. The number of methoxy groups -OCH3 is 2. The first-order valence-corrected chi connectivity index (χ1v) is 8.33. The Bertz CT molecular complexity index is 733. The number of halogens is 2. The molecular weight excluding hydrogens is 363 g/mol. The molecule has 134 valence electrons. The Morgan fingerprint density at radius 2 is 1.80 bits per heavy atom. The predicted octanol–water partition coefficient (Wildman–Crippen LogP) is 4.08. The SMILES string of the molecule is COc1ccc(CN(C)CC(=O)Nc2c(Cl)cccc2Cl)c(OC)c1. The molecule has 0 saturated heterocycles. The number of nitrogens with one attached hydrogen (secondary N) is 1. The first-order valence-electron chi connectivity index (χ1n) is 7.58. The van der Waals surface area contributed by atoms with Crippen LogP contribution in [-0.2, 0) is 11.3 Å². The number of benzene rings is 2. The number of rotatable bonds is 7. The van der Waals surface area contributed by atoms with Gasteiger partial charge in [0, 0.05) is 18.2 Å². The topological polar surface area (TPSA) is 50.8 Å². The van der Waals surface area contributed by atoms with Crippen LogP contribution in [0.2, 0.25) is 10.0 Å². The van der Waals surface area contributed by atoms with Crippen molar-refractivity contribution >= 4 is 34.8 Å². The van der Waals surface area contributed by atoms with E-state index in [1.807, 2.05) is 30.1 Å². The lowest BCUT2D eigenvalue weighted by atomic mass is 10.2. The summed E-state index contributed by atoms with van der Waals surface area (Å²) in [5, 5.41) is 3.55. The molecule has 2 aromatic rings. The third kappa shape index (κ3) is 5.26. The van der Waals surface area contributed by atoms with E-state index in [0.717, 1.165) is 5.56 Å². The number of likely N-dealkylation sites (N-methyl/N-ethyl adjacent to an activating group) is 1. The third-order valence-electron chi connectivity index (χ3n) is 3.58. The first-order chi connectivity index (χ1) is 11.9. The van der Waals surface area contributed by atoms with Gasteiger partial charge < -0.3 is 14.8 Å². The summed E-state index contributed by atoms with van der Waals surface area (Å²) in [6, 6.07) is 10.7. The summed E-state index contributed by atoms with van der Waals surface area (Å²) in [6.45, 7) is 0.716. The van der Waals surface area contributed by atoms with E-state index < -0.39 is 0 Å². The Labute approximate surface area is 157 Å². The summed E-state index contributed by atoms with van der Waals surface area (Å²) in [6.07, 6.45) is 0. The summed E-state index contributed by atoms with van der Waals surface area (Å²) in [5.41, 5.74) is 1.38. The van der Waals surface area contributed by atoms with E-state index in [1.54, 1.807) is 32.4 Å². The summed E-state index contributed by atoms with van der Waals surface area (Å²) in [7, 11) is 5.05. The molecule has 1 amide bonds. The molecule has 1 N–H and O–H groups in total. The van der Waals surface area contributed by atoms with E-state index in [9.17, 15) is 4.79 Å². The molecule has 0 aliphatic heterocycles. The molecule has 0 bridgehead atoms. The highest BCUT2D eigenvalue weighted by Gasteiger charge is 2.13. The van der Waals surface area contributed by atoms with Crippen molar-refractivity contribution in [3.05, 3.63) is 52.0 Å². The number of anilines is 1. The predicted molar refractivity (Wildman–Crippen MR) is 101 cm³/mol. The van der Waals surface area contributed by atoms with E-state index in [2.05, 4.69) is 5.32 Å². The van der Waals surface area contributed by atoms with E-state index in [4.69, 9.17) is 32.7 Å². The molecular formula is C18H20Cl2N2O3. The lowest BCUT2D eigenvalue weighted by Crippen LogP contribution is -2.30. The fourth-order valence-electron chi connectivity index (χ4n) is 2.37. The van der Waals surface area contributed by atoms with Crippen molar-refractivity contribution in [3.8, 4) is 11.5 Å². The molecule has 0 aliphatic rings. The number of nitrogens with zero attached hydrogens (tertiary/aromatic N) is 1. The number of carbonyl (C=O) groups is 1. The average Bonchev–Trinajstić information content (AvgIpc) is 2.58. The molecule has 5 nitrogen and oxygen atoms in total. The molecule has 0 aromatic heterocycles. The van der Waals surface area contributed by atoms with Gasteiger partial charge in [-0.2, -0.15) is 0 Å². The molecule has 0 heterocycles. The molecule has 0 radical (unpaired) electrons. The van der Waals surface area contributed by atoms with Crippen LogP contribution in [0.4, 0.5) is 5.69 Å². The normalized spacial score (nSPS) is 10.6. The summed E-state index contributed by atoms with van der Waals surface area (Å²) >= 11 is 12.1. The highest BCUT2D eigenvalue weighted by atomic mass is 35.5. The average molecular weight is 383 g/mol. The van der Waals surface area contributed by atoms with Crippen molar-refractivity contribution in [2.75, 3.05) is 33.1 Å². The molecule has 0 spiro atoms. The van der Waals surface area contributed by atoms with Crippen molar-refractivity contribution < 1.29 is 14.3 Å². The van der Waals surface area contributed by atoms with Gasteiger partial charge in [-0.1, -0.05) is 35.3 Å². The van der Waals surface area contributed by atoms with E-state index in [0.29, 0.717) is 33.8 Å². The van der Waals surface area contributed by atoms with Crippen molar-refractivity contribution in [2.45, 2.75) is 6.54 Å². The van der Waals surface area contributed by atoms with E-state index >= 15 is 0 Å². The van der Waals surface area contributed by atoms with Crippen LogP contribution in [-0.4, -0.2) is 38.6 Å². The fourth-order valence-corrected chi connectivity index (χ4v) is 2.86. The number of hydrogen-bond acceptors (Lipinski definition) is 4. The second-order valence-corrected chi connectivity index (χ2v) is 6.31. The maximum Gasteiger partial charge on any atom is 0.238 e. The molecule has 0 unspecified atom stereocenters. The Kier molecular flexibility index (Phi) is 6.93. The van der Waals surface area contributed by atoms with Gasteiger partial charge in [0.1, 0.15) is 11.5 Å². The zero-order valence-corrected chi connectivity index (χ0v) is 15.8. The largest absolute Gasteiger partial charge is 0.497 e. The van der Waals surface area contributed by atoms with E-state index in [-0.39, 0.29) is 12.5 Å². The third-order valence-corrected chi connectivity index (χ3v) is 4.21. The van der Waals surface area contributed by atoms with Crippen LogP contribution in [0.3, 0.4) is 0 Å². The Morgan fingerprint density at radius 1 is 1.12 bits per heavy atom. The van der Waals surface area contributed by atoms with Gasteiger partial charge in [-0.25, -0.2) is 0 Å². The molecule has 0 aliphatic carbocycles. The standard InChI is InChI=1S/C18H20Cl2N2O3/c1-22(10-12-7-8-13(24-2)9-16(12)25-3)11-17(23)21-18-14(19)5-4-6-15(18)20/h4-9H,10-11H2,1-3H3,(H,21,23). The monoisotopic (exact) mass is 382 g/mol. The van der Waals surface area contributed by atoms with Gasteiger partial charge in [0.25, 0.3) is 0 Å². The lowest BCUT2D eigenvalue weighted by Gasteiger charge is -2.19. The molecule has 7 heteroatoms. The summed E-state index contributed by atoms with van der Waals surface area (Å²) in [5.74, 6) is 1.22. The zero-order valence-electron chi connectivity index (χ0n) is 14.3. The van der Waals surface area contributed by atoms with Gasteiger partial charge in [-0.15, -0.1) is 0 Å². The molecule has 2 aromatic carbocycles. The minimum atomic E-state index is -0.204. The van der Waals surface area contributed by atoms with Crippen LogP contribution in [0.25, 0.3) is 0 Å². The van der Waals surface area contributed by atoms with Crippen molar-refractivity contribution in [1.29, 1.82) is 0 Å². The molecule has 2 rings (SSSR count). The van der Waals surface area contributed by atoms with Crippen molar-refractivity contribution in [1.82, 2.24) is 4.90 Å². The smallest absolute Gasteiger partial charge is 0.238 e. The van der Waals surface area contributed by atoms with Gasteiger partial charge in [-0.3, -0.25) is 9.69 Å². The number of carbonyl (C=O) groups excluding carboxylic acids is 1. The van der Waals surface area contributed by atoms with Gasteiger partial charge in [0.2, 0.25) is 5.91 Å². The molecule has 0 saturated carbocycles. The van der Waals surface area contributed by atoms with Gasteiger partial charge in [-0.05, 0) is 25.2 Å². The van der Waals surface area contributed by atoms with Crippen LogP contribution in [0, 0.1) is 0 Å². The minimum Gasteiger partial charge on any atom is -0.497 e. The number of hydrogen-bond donors (Lipinski definition) is 1. The second kappa shape index (κ2) is 8.94. The number of para-hydroxylation sites is 1. The van der Waals surface area contributed by atoms with Crippen molar-refractivity contribution in [2.24, 2.45) is 0 Å². The summed E-state index contributed by atoms with van der Waals surface area (Å²) < 4.78 is 10.6. The summed E-state index contributed by atoms with van der Waals surface area (Å²) in [4.78, 5) is 14.1. The van der Waals surface area contributed by atoms with Crippen LogP contribution in [0.15, 0.2) is 36.4 Å². The Morgan fingerprint density at radius 3 is 2.40 bits per heavy atom. The zero-order chi connectivity index (χ0) is 18.4.